The second kappa shape index (κ2) is 16.8. The van der Waals surface area contributed by atoms with Gasteiger partial charge in [-0.25, -0.2) is 0 Å². The summed E-state index contributed by atoms with van der Waals surface area (Å²) < 4.78 is 5.76. The quantitative estimate of drug-likeness (QED) is 0.145. The third kappa shape index (κ3) is 12.7. The Morgan fingerprint density at radius 3 is 2.39 bits per heavy atom. The third-order valence-corrected chi connectivity index (χ3v) is 5.31. The summed E-state index contributed by atoms with van der Waals surface area (Å²) in [6.45, 7) is 5.41. The summed E-state index contributed by atoms with van der Waals surface area (Å²) in [6, 6.07) is 8.39. The fourth-order valence-corrected chi connectivity index (χ4v) is 3.47. The van der Waals surface area contributed by atoms with Gasteiger partial charge in [-0.05, 0) is 31.2 Å². The predicted octanol–water partition coefficient (Wildman–Crippen LogP) is 1.85. The molecule has 1 aromatic rings. The second-order valence-electron chi connectivity index (χ2n) is 8.24. The van der Waals surface area contributed by atoms with Crippen LogP contribution < -0.4 is 27.8 Å². The lowest BCUT2D eigenvalue weighted by Gasteiger charge is -2.14. The van der Waals surface area contributed by atoms with Crippen LogP contribution in [0.25, 0.3) is 0 Å². The lowest BCUT2D eigenvalue weighted by molar-refractivity contribution is 0.120. The smallest absolute Gasteiger partial charge is 0.188 e. The molecule has 0 spiro atoms. The van der Waals surface area contributed by atoms with Gasteiger partial charge in [-0.1, -0.05) is 49.9 Å². The van der Waals surface area contributed by atoms with E-state index in [2.05, 4.69) is 49.9 Å². The fraction of sp³-hybridized carbons (Fsp3) is 0.625. The van der Waals surface area contributed by atoms with Crippen LogP contribution in [0, 0.1) is 0 Å². The van der Waals surface area contributed by atoms with E-state index in [-0.39, 0.29) is 5.96 Å². The summed E-state index contributed by atoms with van der Waals surface area (Å²) in [5.41, 5.74) is 18.8. The average molecular weight is 459 g/mol. The molecule has 33 heavy (non-hydrogen) atoms. The van der Waals surface area contributed by atoms with Gasteiger partial charge < -0.3 is 32.6 Å². The molecule has 9 nitrogen and oxygen atoms in total. The summed E-state index contributed by atoms with van der Waals surface area (Å²) in [4.78, 5) is 12.9. The Balaban J connectivity index is 1.43. The van der Waals surface area contributed by atoms with Gasteiger partial charge in [0.05, 0.1) is 6.61 Å². The van der Waals surface area contributed by atoms with Crippen molar-refractivity contribution < 1.29 is 4.74 Å². The van der Waals surface area contributed by atoms with Gasteiger partial charge in [-0.2, -0.15) is 0 Å². The van der Waals surface area contributed by atoms with Crippen molar-refractivity contribution in [2.75, 3.05) is 39.3 Å². The molecule has 0 saturated heterocycles. The Bertz CT molecular complexity index is 741. The number of unbranched alkanes of at least 4 members (excludes halogenated alkanes) is 5. The van der Waals surface area contributed by atoms with Crippen molar-refractivity contribution in [2.45, 2.75) is 58.0 Å². The Morgan fingerprint density at radius 1 is 0.939 bits per heavy atom. The van der Waals surface area contributed by atoms with Crippen LogP contribution in [-0.2, 0) is 11.3 Å². The van der Waals surface area contributed by atoms with Crippen LogP contribution in [0.1, 0.15) is 62.5 Å². The average Bonchev–Trinajstić information content (AvgIpc) is 2.83. The number of hydrogen-bond donors (Lipinski definition) is 5. The van der Waals surface area contributed by atoms with Crippen LogP contribution in [0.5, 0.6) is 0 Å². The molecule has 0 saturated carbocycles. The minimum absolute atomic E-state index is 0.178. The van der Waals surface area contributed by atoms with Crippen molar-refractivity contribution in [1.82, 2.24) is 10.6 Å². The Kier molecular flexibility index (Phi) is 13.4. The van der Waals surface area contributed by atoms with Crippen molar-refractivity contribution >= 4 is 17.8 Å². The first kappa shape index (κ1) is 26.4. The van der Waals surface area contributed by atoms with Crippen molar-refractivity contribution in [3.8, 4) is 0 Å². The van der Waals surface area contributed by atoms with Gasteiger partial charge in [-0.3, -0.25) is 15.0 Å². The Hall–Kier alpha value is -2.81. The van der Waals surface area contributed by atoms with Crippen LogP contribution in [0.15, 0.2) is 39.2 Å². The molecule has 0 fully saturated rings. The number of amidine groups is 1. The van der Waals surface area contributed by atoms with E-state index in [9.17, 15) is 0 Å². The van der Waals surface area contributed by atoms with Gasteiger partial charge in [0.2, 0.25) is 0 Å². The molecule has 0 atom stereocenters. The molecule has 1 heterocycles. The van der Waals surface area contributed by atoms with E-state index in [0.29, 0.717) is 25.7 Å². The first-order valence-corrected chi connectivity index (χ1v) is 12.2. The molecule has 2 rings (SSSR count). The maximum atomic E-state index is 5.93. The van der Waals surface area contributed by atoms with E-state index < -0.39 is 0 Å². The molecule has 1 aliphatic heterocycles. The summed E-state index contributed by atoms with van der Waals surface area (Å²) in [7, 11) is 0. The molecule has 1 aliphatic rings. The first-order chi connectivity index (χ1) is 16.1. The van der Waals surface area contributed by atoms with Gasteiger partial charge in [0.25, 0.3) is 0 Å². The molecule has 0 radical (unpaired) electrons. The van der Waals surface area contributed by atoms with Crippen LogP contribution in [0.2, 0.25) is 0 Å². The van der Waals surface area contributed by atoms with E-state index in [1.54, 1.807) is 0 Å². The summed E-state index contributed by atoms with van der Waals surface area (Å²) >= 11 is 0. The normalized spacial score (nSPS) is 13.8. The fourth-order valence-electron chi connectivity index (χ4n) is 3.47. The molecule has 184 valence electrons. The first-order valence-electron chi connectivity index (χ1n) is 12.2. The zero-order valence-electron chi connectivity index (χ0n) is 19.9. The van der Waals surface area contributed by atoms with Crippen molar-refractivity contribution in [2.24, 2.45) is 32.2 Å². The van der Waals surface area contributed by atoms with Crippen LogP contribution in [-0.4, -0.2) is 57.1 Å². The highest BCUT2D eigenvalue weighted by Crippen LogP contribution is 2.08. The molecule has 0 unspecified atom stereocenters. The van der Waals surface area contributed by atoms with E-state index in [0.717, 1.165) is 75.2 Å². The highest BCUT2D eigenvalue weighted by atomic mass is 16.5. The third-order valence-electron chi connectivity index (χ3n) is 5.31. The van der Waals surface area contributed by atoms with E-state index in [1.807, 2.05) is 0 Å². The number of nitrogens with one attached hydrogen (secondary N) is 2. The standard InChI is InChI=1S/C24H42N8O/c25-23(26)30-13-5-3-1-2-4-6-14-31-24(27)32-17-8-18-33-19-20-9-11-21(12-10-20)22-28-15-7-16-29-22/h9-12H,1-8,13-19H2,(H,28,29)(H4,25,26,30)(H3,27,31,32). The van der Waals surface area contributed by atoms with Crippen LogP contribution >= 0.6 is 0 Å². The summed E-state index contributed by atoms with van der Waals surface area (Å²) in [6.07, 6.45) is 8.85. The molecule has 0 amide bonds. The highest BCUT2D eigenvalue weighted by Gasteiger charge is 2.06. The number of rotatable bonds is 16. The monoisotopic (exact) mass is 458 g/mol. The largest absolute Gasteiger partial charge is 0.377 e. The number of benzene rings is 1. The van der Waals surface area contributed by atoms with E-state index in [4.69, 9.17) is 21.9 Å². The number of aliphatic imine (C=N–C) groups is 3. The van der Waals surface area contributed by atoms with Gasteiger partial charge in [0, 0.05) is 44.9 Å². The van der Waals surface area contributed by atoms with Crippen molar-refractivity contribution in [3.05, 3.63) is 35.4 Å². The maximum Gasteiger partial charge on any atom is 0.188 e. The second-order valence-corrected chi connectivity index (χ2v) is 8.24. The Morgan fingerprint density at radius 2 is 1.67 bits per heavy atom. The molecule has 0 bridgehead atoms. The molecule has 8 N–H and O–H groups in total. The SMILES string of the molecule is NC(N)=NCCCCCCCCNC(N)=NCCCOCc1ccc(C2=NCCCN2)cc1. The number of ether oxygens (including phenoxy) is 1. The van der Waals surface area contributed by atoms with Crippen molar-refractivity contribution in [1.29, 1.82) is 0 Å². The minimum atomic E-state index is 0.178. The number of guanidine groups is 2. The predicted molar refractivity (Wildman–Crippen MR) is 138 cm³/mol. The van der Waals surface area contributed by atoms with Crippen molar-refractivity contribution in [3.63, 3.8) is 0 Å². The molecule has 9 heteroatoms. The zero-order chi connectivity index (χ0) is 23.6. The number of hydrogen-bond acceptors (Lipinski definition) is 5. The van der Waals surface area contributed by atoms with E-state index >= 15 is 0 Å². The number of nitrogens with two attached hydrogens (primary N) is 3. The molecule has 0 aliphatic carbocycles. The maximum absolute atomic E-state index is 5.93. The Labute approximate surface area is 198 Å². The van der Waals surface area contributed by atoms with Gasteiger partial charge >= 0.3 is 0 Å². The van der Waals surface area contributed by atoms with Gasteiger partial charge in [0.1, 0.15) is 5.84 Å². The number of nitrogens with zero attached hydrogens (tertiary/aromatic N) is 3. The van der Waals surface area contributed by atoms with Gasteiger partial charge in [0.15, 0.2) is 11.9 Å². The molecular weight excluding hydrogens is 416 g/mol. The summed E-state index contributed by atoms with van der Waals surface area (Å²) in [5, 5.41) is 6.53. The molecule has 1 aromatic carbocycles. The topological polar surface area (TPSA) is 148 Å². The highest BCUT2D eigenvalue weighted by molar-refractivity contribution is 5.99. The summed E-state index contributed by atoms with van der Waals surface area (Å²) in [5.74, 6) is 1.69. The lowest BCUT2D eigenvalue weighted by Crippen LogP contribution is -2.32. The lowest BCUT2D eigenvalue weighted by atomic mass is 10.1. The molecular formula is C24H42N8O. The van der Waals surface area contributed by atoms with E-state index in [1.165, 1.54) is 19.3 Å². The minimum Gasteiger partial charge on any atom is -0.377 e. The van der Waals surface area contributed by atoms with Crippen LogP contribution in [0.3, 0.4) is 0 Å². The van der Waals surface area contributed by atoms with Crippen LogP contribution in [0.4, 0.5) is 0 Å². The van der Waals surface area contributed by atoms with Gasteiger partial charge in [-0.15, -0.1) is 0 Å². The zero-order valence-corrected chi connectivity index (χ0v) is 19.9. The molecule has 0 aromatic heterocycles.